The Balaban J connectivity index is 1.82. The average Bonchev–Trinajstić information content (AvgIpc) is 3.08. The molecule has 0 fully saturated rings. The molecule has 8 heteroatoms. The van der Waals surface area contributed by atoms with Crippen LogP contribution in [-0.2, 0) is 23.9 Å². The van der Waals surface area contributed by atoms with Gasteiger partial charge in [-0.3, -0.25) is 9.69 Å². The van der Waals surface area contributed by atoms with Crippen molar-refractivity contribution in [2.24, 2.45) is 0 Å². The van der Waals surface area contributed by atoms with Gasteiger partial charge in [0, 0.05) is 31.1 Å². The molecule has 2 heterocycles. The zero-order valence-corrected chi connectivity index (χ0v) is 19.6. The number of hydrogen-bond acceptors (Lipinski definition) is 3. The fraction of sp³-hybridized carbons (Fsp3) is 0.560. The van der Waals surface area contributed by atoms with Gasteiger partial charge in [0.15, 0.2) is 5.78 Å². The Morgan fingerprint density at radius 3 is 2.30 bits per heavy atom. The van der Waals surface area contributed by atoms with Crippen LogP contribution in [0.5, 0.6) is 0 Å². The first-order valence-corrected chi connectivity index (χ1v) is 11.4. The van der Waals surface area contributed by atoms with Crippen molar-refractivity contribution < 1.29 is 27.5 Å². The highest BCUT2D eigenvalue weighted by atomic mass is 19.4. The predicted molar refractivity (Wildman–Crippen MR) is 118 cm³/mol. The highest BCUT2D eigenvalue weighted by molar-refractivity contribution is 5.96. The Bertz CT molecular complexity index is 990. The minimum absolute atomic E-state index is 0.0720. The summed E-state index contributed by atoms with van der Waals surface area (Å²) in [6.45, 7) is 5.70. The van der Waals surface area contributed by atoms with Crippen molar-refractivity contribution in [3.63, 3.8) is 0 Å². The van der Waals surface area contributed by atoms with Gasteiger partial charge in [-0.15, -0.1) is 0 Å². The first-order valence-electron chi connectivity index (χ1n) is 11.4. The summed E-state index contributed by atoms with van der Waals surface area (Å²) < 4.78 is 56.6. The van der Waals surface area contributed by atoms with Crippen LogP contribution in [0.4, 0.5) is 17.6 Å². The number of halogens is 4. The number of fused-ring (bicyclic) bond motifs is 1. The first kappa shape index (κ1) is 25.4. The number of aliphatic hydroxyl groups is 1. The van der Waals surface area contributed by atoms with Crippen LogP contribution in [-0.4, -0.2) is 33.9 Å². The van der Waals surface area contributed by atoms with Crippen LogP contribution >= 0.6 is 0 Å². The van der Waals surface area contributed by atoms with Crippen LogP contribution in [0.3, 0.4) is 0 Å². The average molecular weight is 469 g/mol. The van der Waals surface area contributed by atoms with Gasteiger partial charge >= 0.3 is 6.18 Å². The summed E-state index contributed by atoms with van der Waals surface area (Å²) in [5.74, 6) is -0.926. The van der Waals surface area contributed by atoms with Gasteiger partial charge in [-0.25, -0.2) is 4.39 Å². The summed E-state index contributed by atoms with van der Waals surface area (Å²) in [7, 11) is 1.82. The number of Topliss-reactive ketones (excluding diaryl/α,β-unsaturated/α-hetero) is 1. The Labute approximate surface area is 192 Å². The van der Waals surface area contributed by atoms with E-state index in [0.717, 1.165) is 4.57 Å². The molecule has 1 atom stereocenters. The number of ketones is 1. The van der Waals surface area contributed by atoms with Gasteiger partial charge in [-0.1, -0.05) is 37.6 Å². The van der Waals surface area contributed by atoms with E-state index in [-0.39, 0.29) is 24.4 Å². The largest absolute Gasteiger partial charge is 0.431 e. The quantitative estimate of drug-likeness (QED) is 0.390. The second-order valence-electron chi connectivity index (χ2n) is 9.49. The number of rotatable bonds is 8. The van der Waals surface area contributed by atoms with Gasteiger partial charge in [-0.2, -0.15) is 13.2 Å². The maximum atomic E-state index is 15.0. The lowest BCUT2D eigenvalue weighted by Gasteiger charge is -2.47. The van der Waals surface area contributed by atoms with Gasteiger partial charge in [0.05, 0.1) is 16.8 Å². The molecule has 1 unspecified atom stereocenters. The molecule has 0 radical (unpaired) electrons. The molecular weight excluding hydrogens is 436 g/mol. The van der Waals surface area contributed by atoms with Gasteiger partial charge in [0.25, 0.3) is 0 Å². The molecule has 0 saturated carbocycles. The number of hydrogen-bond donors (Lipinski definition) is 1. The van der Waals surface area contributed by atoms with Crippen LogP contribution < -0.4 is 0 Å². The van der Waals surface area contributed by atoms with E-state index in [0.29, 0.717) is 49.4 Å². The molecule has 1 N–H and O–H groups in total. The summed E-state index contributed by atoms with van der Waals surface area (Å²) >= 11 is 0. The molecule has 0 amide bonds. The van der Waals surface area contributed by atoms with Crippen molar-refractivity contribution in [2.45, 2.75) is 76.7 Å². The molecule has 0 saturated heterocycles. The molecule has 0 aliphatic carbocycles. The molecule has 0 spiro atoms. The highest BCUT2D eigenvalue weighted by Gasteiger charge is 2.47. The fourth-order valence-corrected chi connectivity index (χ4v) is 5.01. The van der Waals surface area contributed by atoms with E-state index in [9.17, 15) is 27.5 Å². The Hall–Kier alpha value is -2.19. The molecule has 2 aromatic rings. The predicted octanol–water partition coefficient (Wildman–Crippen LogP) is 5.87. The second-order valence-corrected chi connectivity index (χ2v) is 9.49. The maximum Gasteiger partial charge on any atom is 0.431 e. The molecule has 1 aliphatic rings. The fourth-order valence-electron chi connectivity index (χ4n) is 5.01. The Kier molecular flexibility index (Phi) is 7.10. The van der Waals surface area contributed by atoms with E-state index in [1.54, 1.807) is 38.1 Å². The van der Waals surface area contributed by atoms with E-state index in [4.69, 9.17) is 0 Å². The van der Waals surface area contributed by atoms with E-state index in [2.05, 4.69) is 0 Å². The van der Waals surface area contributed by atoms with Crippen molar-refractivity contribution in [1.29, 1.82) is 0 Å². The van der Waals surface area contributed by atoms with Crippen LogP contribution in [0.15, 0.2) is 30.3 Å². The standard InChI is InChI=1S/C25H32F4N2O2/c1-5-12-24(13-6-7-20(32)17-8-10-18(11-9-17)23(2,3)33)22-19(26)16-21(25(27,28)29)31(22)15-14-30(24)4/h8-11,16,33H,5-7,12-15H2,1-4H3. The number of alkyl halides is 3. The normalized spacial score (nSPS) is 19.5. The van der Waals surface area contributed by atoms with Crippen LogP contribution in [0, 0.1) is 5.82 Å². The van der Waals surface area contributed by atoms with Gasteiger partial charge < -0.3 is 9.67 Å². The number of aromatic nitrogens is 1. The van der Waals surface area contributed by atoms with Crippen LogP contribution in [0.1, 0.15) is 80.2 Å². The third kappa shape index (κ3) is 5.01. The molecule has 4 nitrogen and oxygen atoms in total. The van der Waals surface area contributed by atoms with Crippen LogP contribution in [0.2, 0.25) is 0 Å². The maximum absolute atomic E-state index is 15.0. The van der Waals surface area contributed by atoms with E-state index in [1.165, 1.54) is 0 Å². The lowest BCUT2D eigenvalue weighted by Crippen LogP contribution is -2.51. The van der Waals surface area contributed by atoms with Gasteiger partial charge in [0.2, 0.25) is 0 Å². The summed E-state index contributed by atoms with van der Waals surface area (Å²) in [6, 6.07) is 7.37. The zero-order valence-electron chi connectivity index (χ0n) is 19.6. The minimum Gasteiger partial charge on any atom is -0.386 e. The molecule has 1 aromatic heterocycles. The van der Waals surface area contributed by atoms with Crippen LogP contribution in [0.25, 0.3) is 0 Å². The summed E-state index contributed by atoms with van der Waals surface area (Å²) in [5.41, 5.74) is -1.57. The second kappa shape index (κ2) is 9.22. The third-order valence-corrected chi connectivity index (χ3v) is 6.74. The Morgan fingerprint density at radius 1 is 1.12 bits per heavy atom. The summed E-state index contributed by atoms with van der Waals surface area (Å²) in [4.78, 5) is 14.7. The van der Waals surface area contributed by atoms with Crippen molar-refractivity contribution in [2.75, 3.05) is 13.6 Å². The summed E-state index contributed by atoms with van der Waals surface area (Å²) in [5, 5.41) is 10.1. The zero-order chi connectivity index (χ0) is 24.6. The first-order chi connectivity index (χ1) is 15.3. The molecular formula is C25H32F4N2O2. The molecule has 33 heavy (non-hydrogen) atoms. The summed E-state index contributed by atoms with van der Waals surface area (Å²) in [6.07, 6.45) is -2.46. The van der Waals surface area contributed by atoms with Crippen molar-refractivity contribution in [1.82, 2.24) is 9.47 Å². The Morgan fingerprint density at radius 2 is 1.76 bits per heavy atom. The molecule has 3 rings (SSSR count). The molecule has 0 bridgehead atoms. The van der Waals surface area contributed by atoms with Gasteiger partial charge in [0.1, 0.15) is 11.5 Å². The number of nitrogens with zero attached hydrogens (tertiary/aromatic N) is 2. The van der Waals surface area contributed by atoms with E-state index in [1.807, 2.05) is 18.9 Å². The van der Waals surface area contributed by atoms with Crippen molar-refractivity contribution in [3.8, 4) is 0 Å². The van der Waals surface area contributed by atoms with Gasteiger partial charge in [-0.05, 0) is 45.7 Å². The smallest absolute Gasteiger partial charge is 0.386 e. The topological polar surface area (TPSA) is 45.5 Å². The molecule has 1 aromatic carbocycles. The SMILES string of the molecule is CCCC1(CCCC(=O)c2ccc(C(C)(C)O)cc2)c2c(F)cc(C(F)(F)F)n2CCN1C. The van der Waals surface area contributed by atoms with Crippen molar-refractivity contribution in [3.05, 3.63) is 58.7 Å². The van der Waals surface area contributed by atoms with E-state index >= 15 is 0 Å². The van der Waals surface area contributed by atoms with Crippen molar-refractivity contribution >= 4 is 5.78 Å². The van der Waals surface area contributed by atoms with E-state index < -0.39 is 28.8 Å². The number of likely N-dealkylation sites (N-methyl/N-ethyl adjacent to an activating group) is 1. The highest BCUT2D eigenvalue weighted by Crippen LogP contribution is 2.45. The third-order valence-electron chi connectivity index (χ3n) is 6.74. The minimum atomic E-state index is -4.63. The lowest BCUT2D eigenvalue weighted by atomic mass is 9.81. The molecule has 182 valence electrons. The molecule has 1 aliphatic heterocycles. The monoisotopic (exact) mass is 468 g/mol. The number of carbonyl (C=O) groups excluding carboxylic acids is 1. The number of benzene rings is 1. The lowest BCUT2D eigenvalue weighted by molar-refractivity contribution is -0.144. The number of carbonyl (C=O) groups is 1.